The largest absolute Gasteiger partial charge is 0.490 e. The fraction of sp³-hybridized carbons (Fsp3) is 0.350. The molecule has 28 heavy (non-hydrogen) atoms. The Kier molecular flexibility index (Phi) is 8.23. The van der Waals surface area contributed by atoms with Gasteiger partial charge in [0, 0.05) is 18.4 Å². The van der Waals surface area contributed by atoms with E-state index in [1.54, 1.807) is 13.3 Å². The highest BCUT2D eigenvalue weighted by Crippen LogP contribution is 2.36. The molecule has 0 bridgehead atoms. The van der Waals surface area contributed by atoms with E-state index in [2.05, 4.69) is 37.5 Å². The first-order valence-corrected chi connectivity index (χ1v) is 9.61. The normalized spacial score (nSPS) is 10.7. The van der Waals surface area contributed by atoms with Crippen molar-refractivity contribution in [3.05, 3.63) is 45.1 Å². The Hall–Kier alpha value is -2.63. The maximum atomic E-state index is 9.47. The Labute approximate surface area is 173 Å². The van der Waals surface area contributed by atoms with Crippen molar-refractivity contribution in [2.75, 3.05) is 25.7 Å². The van der Waals surface area contributed by atoms with Crippen LogP contribution in [0.25, 0.3) is 0 Å². The van der Waals surface area contributed by atoms with Gasteiger partial charge in [-0.15, -0.1) is 0 Å². The van der Waals surface area contributed by atoms with E-state index in [1.807, 2.05) is 39.0 Å². The number of aromatic nitrogens is 1. The summed E-state index contributed by atoms with van der Waals surface area (Å²) in [6.07, 6.45) is 1.63. The number of hydrogen-bond acceptors (Lipinski definition) is 7. The average molecular weight is 447 g/mol. The molecule has 2 aromatic rings. The van der Waals surface area contributed by atoms with Crippen LogP contribution >= 0.6 is 15.9 Å². The van der Waals surface area contributed by atoms with Crippen LogP contribution in [0.15, 0.2) is 27.8 Å². The van der Waals surface area contributed by atoms with Crippen molar-refractivity contribution in [1.82, 2.24) is 4.98 Å². The third-order valence-corrected chi connectivity index (χ3v) is 4.23. The molecule has 1 aromatic carbocycles. The highest BCUT2D eigenvalue weighted by molar-refractivity contribution is 9.10. The minimum atomic E-state index is 0.328. The molecule has 1 N–H and O–H groups in total. The highest BCUT2D eigenvalue weighted by atomic mass is 79.9. The van der Waals surface area contributed by atoms with Gasteiger partial charge in [-0.1, -0.05) is 0 Å². The van der Waals surface area contributed by atoms with E-state index in [0.29, 0.717) is 42.7 Å². The molecule has 0 saturated heterocycles. The molecule has 0 aliphatic heterocycles. The molecule has 0 atom stereocenters. The predicted octanol–water partition coefficient (Wildman–Crippen LogP) is 4.41. The second-order valence-electron chi connectivity index (χ2n) is 5.76. The maximum Gasteiger partial charge on any atom is 0.175 e. The van der Waals surface area contributed by atoms with Gasteiger partial charge < -0.3 is 14.2 Å². The van der Waals surface area contributed by atoms with E-state index in [1.165, 1.54) is 0 Å². The van der Waals surface area contributed by atoms with Gasteiger partial charge in [-0.25, -0.2) is 4.98 Å². The first kappa shape index (κ1) is 21.7. The maximum absolute atomic E-state index is 9.47. The summed E-state index contributed by atoms with van der Waals surface area (Å²) in [6.45, 7) is 7.07. The van der Waals surface area contributed by atoms with E-state index >= 15 is 0 Å². The predicted molar refractivity (Wildman–Crippen MR) is 112 cm³/mol. The average Bonchev–Trinajstić information content (AvgIpc) is 2.65. The van der Waals surface area contributed by atoms with Crippen LogP contribution in [0, 0.1) is 18.3 Å². The number of hydrazone groups is 1. The molecule has 0 amide bonds. The first-order valence-electron chi connectivity index (χ1n) is 8.81. The number of nitriles is 1. The molecule has 0 aliphatic carbocycles. The van der Waals surface area contributed by atoms with Crippen molar-refractivity contribution in [3.63, 3.8) is 0 Å². The minimum absolute atomic E-state index is 0.328. The number of nitrogens with one attached hydrogen (secondary N) is 1. The molecular weight excluding hydrogens is 424 g/mol. The lowest BCUT2D eigenvalue weighted by atomic mass is 10.1. The molecule has 0 radical (unpaired) electrons. The van der Waals surface area contributed by atoms with Gasteiger partial charge >= 0.3 is 0 Å². The second kappa shape index (κ2) is 10.6. The van der Waals surface area contributed by atoms with Gasteiger partial charge in [-0.3, -0.25) is 5.43 Å². The number of methoxy groups -OCH3 is 1. The van der Waals surface area contributed by atoms with E-state index in [0.717, 1.165) is 21.3 Å². The van der Waals surface area contributed by atoms with Crippen LogP contribution in [0.4, 0.5) is 5.82 Å². The van der Waals surface area contributed by atoms with Crippen LogP contribution in [-0.4, -0.2) is 31.5 Å². The summed E-state index contributed by atoms with van der Waals surface area (Å²) in [7, 11) is 1.59. The van der Waals surface area contributed by atoms with Gasteiger partial charge in [-0.05, 0) is 60.5 Å². The van der Waals surface area contributed by atoms with Crippen molar-refractivity contribution in [3.8, 4) is 17.6 Å². The summed E-state index contributed by atoms with van der Waals surface area (Å²) in [4.78, 5) is 4.36. The summed E-state index contributed by atoms with van der Waals surface area (Å²) >= 11 is 3.51. The molecule has 0 spiro atoms. The molecule has 0 unspecified atom stereocenters. The van der Waals surface area contributed by atoms with Crippen molar-refractivity contribution < 1.29 is 14.2 Å². The fourth-order valence-corrected chi connectivity index (χ4v) is 3.17. The van der Waals surface area contributed by atoms with E-state index < -0.39 is 0 Å². The molecule has 1 heterocycles. The number of aryl methyl sites for hydroxylation is 1. The standard InChI is InChI=1S/C20H23BrN4O3/c1-5-27-18-9-14(8-17(21)19(18)28-6-2)11-23-25-20-16(10-22)15(12-26-4)7-13(3)24-20/h7-9,11H,5-6,12H2,1-4H3,(H,24,25)/b23-11-. The Morgan fingerprint density at radius 1 is 1.25 bits per heavy atom. The summed E-state index contributed by atoms with van der Waals surface area (Å²) in [5.74, 6) is 1.68. The molecule has 2 rings (SSSR count). The monoisotopic (exact) mass is 446 g/mol. The Morgan fingerprint density at radius 3 is 2.64 bits per heavy atom. The zero-order chi connectivity index (χ0) is 20.5. The van der Waals surface area contributed by atoms with Gasteiger partial charge in [0.2, 0.25) is 0 Å². The second-order valence-corrected chi connectivity index (χ2v) is 6.61. The lowest BCUT2D eigenvalue weighted by molar-refractivity contribution is 0.184. The van der Waals surface area contributed by atoms with Crippen molar-refractivity contribution in [2.24, 2.45) is 5.10 Å². The van der Waals surface area contributed by atoms with Gasteiger partial charge in [0.15, 0.2) is 17.3 Å². The van der Waals surface area contributed by atoms with Crippen LogP contribution in [0.2, 0.25) is 0 Å². The first-order chi connectivity index (χ1) is 13.5. The summed E-state index contributed by atoms with van der Waals surface area (Å²) < 4.78 is 17.2. The minimum Gasteiger partial charge on any atom is -0.490 e. The SMILES string of the molecule is CCOc1cc(/C=N\Nc2nc(C)cc(COC)c2C#N)cc(Br)c1OCC. The Bertz CT molecular complexity index is 894. The number of nitrogens with zero attached hydrogens (tertiary/aromatic N) is 3. The van der Waals surface area contributed by atoms with Crippen LogP contribution in [0.5, 0.6) is 11.5 Å². The number of anilines is 1. The molecule has 148 valence electrons. The van der Waals surface area contributed by atoms with Crippen molar-refractivity contribution >= 4 is 28.0 Å². The van der Waals surface area contributed by atoms with Gasteiger partial charge in [0.1, 0.15) is 11.6 Å². The number of hydrogen-bond donors (Lipinski definition) is 1. The zero-order valence-corrected chi connectivity index (χ0v) is 18.0. The quantitative estimate of drug-likeness (QED) is 0.453. The van der Waals surface area contributed by atoms with E-state index in [9.17, 15) is 5.26 Å². The summed E-state index contributed by atoms with van der Waals surface area (Å²) in [5, 5.41) is 13.7. The van der Waals surface area contributed by atoms with Gasteiger partial charge in [0.25, 0.3) is 0 Å². The lowest BCUT2D eigenvalue weighted by Gasteiger charge is -2.13. The van der Waals surface area contributed by atoms with Crippen molar-refractivity contribution in [1.29, 1.82) is 5.26 Å². The smallest absolute Gasteiger partial charge is 0.175 e. The van der Waals surface area contributed by atoms with Crippen LogP contribution < -0.4 is 14.9 Å². The molecule has 0 saturated carbocycles. The topological polar surface area (TPSA) is 88.8 Å². The fourth-order valence-electron chi connectivity index (χ4n) is 2.59. The highest BCUT2D eigenvalue weighted by Gasteiger charge is 2.12. The van der Waals surface area contributed by atoms with E-state index in [-0.39, 0.29) is 0 Å². The Morgan fingerprint density at radius 2 is 2.00 bits per heavy atom. The zero-order valence-electron chi connectivity index (χ0n) is 16.4. The number of halogens is 1. The summed E-state index contributed by atoms with van der Waals surface area (Å²) in [6, 6.07) is 7.71. The van der Waals surface area contributed by atoms with Gasteiger partial charge in [-0.2, -0.15) is 10.4 Å². The molecular formula is C20H23BrN4O3. The van der Waals surface area contributed by atoms with E-state index in [4.69, 9.17) is 14.2 Å². The summed E-state index contributed by atoms with van der Waals surface area (Å²) in [5.41, 5.74) is 5.60. The molecule has 0 aliphatic rings. The third-order valence-electron chi connectivity index (χ3n) is 3.65. The molecule has 7 nitrogen and oxygen atoms in total. The molecule has 8 heteroatoms. The molecule has 0 fully saturated rings. The number of benzene rings is 1. The van der Waals surface area contributed by atoms with Crippen molar-refractivity contribution in [2.45, 2.75) is 27.4 Å². The van der Waals surface area contributed by atoms with Crippen LogP contribution in [0.3, 0.4) is 0 Å². The number of ether oxygens (including phenoxy) is 3. The van der Waals surface area contributed by atoms with Crippen LogP contribution in [-0.2, 0) is 11.3 Å². The number of pyridine rings is 1. The third kappa shape index (κ3) is 5.44. The van der Waals surface area contributed by atoms with Gasteiger partial charge in [0.05, 0.1) is 30.5 Å². The molecule has 1 aromatic heterocycles. The van der Waals surface area contributed by atoms with Crippen LogP contribution in [0.1, 0.15) is 36.2 Å². The number of rotatable bonds is 9. The lowest BCUT2D eigenvalue weighted by Crippen LogP contribution is -2.04. The Balaban J connectivity index is 2.29.